The van der Waals surface area contributed by atoms with E-state index >= 15 is 0 Å². The molecule has 0 aromatic heterocycles. The van der Waals surface area contributed by atoms with Crippen molar-refractivity contribution in [3.05, 3.63) is 42.0 Å². The van der Waals surface area contributed by atoms with Gasteiger partial charge in [-0.3, -0.25) is 9.59 Å². The van der Waals surface area contributed by atoms with Gasteiger partial charge in [-0.2, -0.15) is 0 Å². The molecule has 2 aromatic rings. The molecule has 0 saturated heterocycles. The first-order valence-electron chi connectivity index (χ1n) is 7.21. The second-order valence-electron chi connectivity index (χ2n) is 5.07. The van der Waals surface area contributed by atoms with Crippen LogP contribution in [0, 0.1) is 0 Å². The molecule has 7 heteroatoms. The molecule has 7 nitrogen and oxygen atoms in total. The Hall–Kier alpha value is -3.22. The number of amides is 2. The maximum atomic E-state index is 12.4. The maximum Gasteiger partial charge on any atom is 0.262 e. The first kappa shape index (κ1) is 15.7. The highest BCUT2D eigenvalue weighted by Gasteiger charge is 2.17. The Labute approximate surface area is 138 Å². The topological polar surface area (TPSA) is 85.9 Å². The van der Waals surface area contributed by atoms with E-state index in [0.29, 0.717) is 34.2 Å². The van der Waals surface area contributed by atoms with E-state index in [9.17, 15) is 9.59 Å². The molecular formula is C17H16N2O5. The van der Waals surface area contributed by atoms with E-state index in [1.807, 2.05) is 0 Å². The fourth-order valence-corrected chi connectivity index (χ4v) is 2.34. The molecule has 1 aliphatic rings. The molecule has 0 spiro atoms. The molecule has 1 aliphatic heterocycles. The third-order valence-corrected chi connectivity index (χ3v) is 3.52. The Kier molecular flexibility index (Phi) is 4.24. The van der Waals surface area contributed by atoms with Gasteiger partial charge in [0.05, 0.1) is 19.9 Å². The van der Waals surface area contributed by atoms with Crippen LogP contribution in [0.5, 0.6) is 17.2 Å². The zero-order valence-electron chi connectivity index (χ0n) is 13.2. The lowest BCUT2D eigenvalue weighted by atomic mass is 10.1. The summed E-state index contributed by atoms with van der Waals surface area (Å²) < 4.78 is 15.6. The molecule has 0 atom stereocenters. The molecule has 1 heterocycles. The summed E-state index contributed by atoms with van der Waals surface area (Å²) in [5.74, 6) is 1.04. The van der Waals surface area contributed by atoms with Crippen LogP contribution in [0.1, 0.15) is 10.4 Å². The van der Waals surface area contributed by atoms with Crippen molar-refractivity contribution in [3.63, 3.8) is 0 Å². The van der Waals surface area contributed by atoms with Gasteiger partial charge in [0.25, 0.3) is 11.8 Å². The molecule has 2 aromatic carbocycles. The van der Waals surface area contributed by atoms with Gasteiger partial charge < -0.3 is 24.8 Å². The van der Waals surface area contributed by atoms with Gasteiger partial charge in [-0.1, -0.05) is 0 Å². The Morgan fingerprint density at radius 1 is 1.12 bits per heavy atom. The van der Waals surface area contributed by atoms with E-state index in [0.717, 1.165) is 0 Å². The van der Waals surface area contributed by atoms with Gasteiger partial charge in [-0.05, 0) is 36.4 Å². The summed E-state index contributed by atoms with van der Waals surface area (Å²) >= 11 is 0. The monoisotopic (exact) mass is 328 g/mol. The molecule has 0 fully saturated rings. The summed E-state index contributed by atoms with van der Waals surface area (Å²) in [4.78, 5) is 23.8. The molecule has 24 heavy (non-hydrogen) atoms. The number of methoxy groups -OCH3 is 2. The van der Waals surface area contributed by atoms with Crippen LogP contribution < -0.4 is 24.8 Å². The van der Waals surface area contributed by atoms with E-state index in [-0.39, 0.29) is 18.4 Å². The lowest BCUT2D eigenvalue weighted by molar-refractivity contribution is -0.118. The Morgan fingerprint density at radius 2 is 1.92 bits per heavy atom. The molecule has 2 N–H and O–H groups in total. The number of fused-ring (bicyclic) bond motifs is 1. The molecule has 0 aliphatic carbocycles. The van der Waals surface area contributed by atoms with Crippen LogP contribution in [-0.4, -0.2) is 32.6 Å². The summed E-state index contributed by atoms with van der Waals surface area (Å²) in [6, 6.07) is 9.94. The molecule has 0 unspecified atom stereocenters. The molecule has 124 valence electrons. The molecule has 0 radical (unpaired) electrons. The Bertz CT molecular complexity index is 804. The number of hydrogen-bond donors (Lipinski definition) is 2. The largest absolute Gasteiger partial charge is 0.493 e. The number of hydrogen-bond acceptors (Lipinski definition) is 5. The number of nitrogens with one attached hydrogen (secondary N) is 2. The van der Waals surface area contributed by atoms with Crippen molar-refractivity contribution in [1.82, 2.24) is 0 Å². The highest BCUT2D eigenvalue weighted by atomic mass is 16.5. The van der Waals surface area contributed by atoms with Gasteiger partial charge in [0.1, 0.15) is 5.75 Å². The molecule has 0 bridgehead atoms. The first-order valence-corrected chi connectivity index (χ1v) is 7.21. The minimum absolute atomic E-state index is 0.00957. The van der Waals surface area contributed by atoms with Crippen LogP contribution in [0.2, 0.25) is 0 Å². The first-order chi connectivity index (χ1) is 11.6. The fraction of sp³-hybridized carbons (Fsp3) is 0.176. The van der Waals surface area contributed by atoms with Gasteiger partial charge in [0, 0.05) is 11.3 Å². The standard InChI is InChI=1S/C17H16N2O5/c1-22-14-5-3-10(7-15(14)23-2)17(21)18-11-4-6-13-12(8-11)19-16(20)9-24-13/h3-8H,9H2,1-2H3,(H,18,21)(H,19,20). The second kappa shape index (κ2) is 6.49. The van der Waals surface area contributed by atoms with E-state index < -0.39 is 0 Å². The van der Waals surface area contributed by atoms with Crippen molar-refractivity contribution in [2.75, 3.05) is 31.5 Å². The molecule has 2 amide bonds. The number of benzene rings is 2. The normalized spacial score (nSPS) is 12.5. The SMILES string of the molecule is COc1ccc(C(=O)Nc2ccc3c(c2)NC(=O)CO3)cc1OC. The van der Waals surface area contributed by atoms with Gasteiger partial charge >= 0.3 is 0 Å². The van der Waals surface area contributed by atoms with Gasteiger partial charge in [-0.25, -0.2) is 0 Å². The lowest BCUT2D eigenvalue weighted by Gasteiger charge is -2.18. The van der Waals surface area contributed by atoms with Crippen LogP contribution in [0.4, 0.5) is 11.4 Å². The summed E-state index contributed by atoms with van der Waals surface area (Å²) in [7, 11) is 3.03. The fourth-order valence-electron chi connectivity index (χ4n) is 2.34. The van der Waals surface area contributed by atoms with Gasteiger partial charge in [0.15, 0.2) is 18.1 Å². The highest BCUT2D eigenvalue weighted by molar-refractivity contribution is 6.05. The summed E-state index contributed by atoms with van der Waals surface area (Å²) in [6.45, 7) is -0.00957. The van der Waals surface area contributed by atoms with Crippen LogP contribution in [0.15, 0.2) is 36.4 Å². The Morgan fingerprint density at radius 3 is 2.67 bits per heavy atom. The van der Waals surface area contributed by atoms with E-state index in [1.54, 1.807) is 36.4 Å². The number of carbonyl (C=O) groups is 2. The van der Waals surface area contributed by atoms with Crippen molar-refractivity contribution in [2.45, 2.75) is 0 Å². The number of rotatable bonds is 4. The van der Waals surface area contributed by atoms with E-state index in [2.05, 4.69) is 10.6 Å². The van der Waals surface area contributed by atoms with Crippen LogP contribution >= 0.6 is 0 Å². The highest BCUT2D eigenvalue weighted by Crippen LogP contribution is 2.31. The van der Waals surface area contributed by atoms with Crippen LogP contribution in [0.25, 0.3) is 0 Å². The van der Waals surface area contributed by atoms with E-state index in [4.69, 9.17) is 14.2 Å². The second-order valence-corrected chi connectivity index (χ2v) is 5.07. The predicted octanol–water partition coefficient (Wildman–Crippen LogP) is 2.29. The summed E-state index contributed by atoms with van der Waals surface area (Å²) in [5.41, 5.74) is 1.49. The van der Waals surface area contributed by atoms with Crippen molar-refractivity contribution in [2.24, 2.45) is 0 Å². The zero-order valence-corrected chi connectivity index (χ0v) is 13.2. The quantitative estimate of drug-likeness (QED) is 0.899. The molecule has 3 rings (SSSR count). The van der Waals surface area contributed by atoms with Crippen molar-refractivity contribution < 1.29 is 23.8 Å². The van der Waals surface area contributed by atoms with Gasteiger partial charge in [0.2, 0.25) is 0 Å². The lowest BCUT2D eigenvalue weighted by Crippen LogP contribution is -2.25. The minimum Gasteiger partial charge on any atom is -0.493 e. The Balaban J connectivity index is 1.80. The molecular weight excluding hydrogens is 312 g/mol. The summed E-state index contributed by atoms with van der Waals surface area (Å²) in [5, 5.41) is 5.46. The zero-order chi connectivity index (χ0) is 17.1. The average molecular weight is 328 g/mol. The number of ether oxygens (including phenoxy) is 3. The van der Waals surface area contributed by atoms with Crippen LogP contribution in [-0.2, 0) is 4.79 Å². The van der Waals surface area contributed by atoms with Crippen molar-refractivity contribution in [1.29, 1.82) is 0 Å². The smallest absolute Gasteiger partial charge is 0.262 e. The van der Waals surface area contributed by atoms with Crippen molar-refractivity contribution >= 4 is 23.2 Å². The van der Waals surface area contributed by atoms with E-state index in [1.165, 1.54) is 14.2 Å². The number of anilines is 2. The maximum absolute atomic E-state index is 12.4. The number of carbonyl (C=O) groups excluding carboxylic acids is 2. The predicted molar refractivity (Wildman–Crippen MR) is 88.1 cm³/mol. The average Bonchev–Trinajstić information content (AvgIpc) is 2.60. The van der Waals surface area contributed by atoms with Gasteiger partial charge in [-0.15, -0.1) is 0 Å². The minimum atomic E-state index is -0.307. The third kappa shape index (κ3) is 3.10. The van der Waals surface area contributed by atoms with Crippen LogP contribution in [0.3, 0.4) is 0 Å². The third-order valence-electron chi connectivity index (χ3n) is 3.52. The molecule has 0 saturated carbocycles. The summed E-state index contributed by atoms with van der Waals surface area (Å²) in [6.07, 6.45) is 0. The van der Waals surface area contributed by atoms with Crippen molar-refractivity contribution in [3.8, 4) is 17.2 Å².